The Hall–Kier alpha value is -0.570. The maximum absolute atomic E-state index is 6.39. The zero-order chi connectivity index (χ0) is 12.3. The van der Waals surface area contributed by atoms with Gasteiger partial charge in [-0.15, -0.1) is 11.6 Å². The Labute approximate surface area is 119 Å². The largest absolute Gasteiger partial charge is 0.261 e. The van der Waals surface area contributed by atoms with Crippen LogP contribution in [0.15, 0.2) is 47.1 Å². The minimum absolute atomic E-state index is 0.114. The molecule has 1 atom stereocenters. The van der Waals surface area contributed by atoms with E-state index in [1.54, 1.807) is 6.20 Å². The van der Waals surface area contributed by atoms with Gasteiger partial charge in [0.1, 0.15) is 0 Å². The molecule has 1 heterocycles. The Kier molecular flexibility index (Phi) is 4.43. The molecule has 17 heavy (non-hydrogen) atoms. The Morgan fingerprint density at radius 1 is 1.24 bits per heavy atom. The fourth-order valence-corrected chi connectivity index (χ4v) is 3.01. The summed E-state index contributed by atoms with van der Waals surface area (Å²) < 4.78 is 0.931. The van der Waals surface area contributed by atoms with Crippen LogP contribution in [0.1, 0.15) is 16.6 Å². The third-order valence-corrected chi connectivity index (χ3v) is 3.73. The second kappa shape index (κ2) is 5.85. The fraction of sp³-hybridized carbons (Fsp3) is 0.154. The van der Waals surface area contributed by atoms with Crippen molar-refractivity contribution in [3.8, 4) is 0 Å². The van der Waals surface area contributed by atoms with Crippen molar-refractivity contribution < 1.29 is 0 Å². The van der Waals surface area contributed by atoms with Gasteiger partial charge in [0, 0.05) is 27.8 Å². The number of hydrogen-bond acceptors (Lipinski definition) is 1. The third kappa shape index (κ3) is 3.44. The van der Waals surface area contributed by atoms with E-state index in [1.165, 1.54) is 0 Å². The van der Waals surface area contributed by atoms with Crippen molar-refractivity contribution in [2.75, 3.05) is 0 Å². The first-order chi connectivity index (χ1) is 8.16. The minimum Gasteiger partial charge on any atom is -0.261 e. The molecule has 0 N–H and O–H groups in total. The highest BCUT2D eigenvalue weighted by atomic mass is 79.9. The molecule has 0 aliphatic heterocycles. The number of aromatic nitrogens is 1. The van der Waals surface area contributed by atoms with Gasteiger partial charge in [-0.2, -0.15) is 0 Å². The maximum atomic E-state index is 6.39. The van der Waals surface area contributed by atoms with E-state index in [1.807, 2.05) is 36.4 Å². The average Bonchev–Trinajstić information content (AvgIpc) is 2.30. The molecule has 4 heteroatoms. The summed E-state index contributed by atoms with van der Waals surface area (Å²) in [7, 11) is 0. The smallest absolute Gasteiger partial charge is 0.0651 e. The van der Waals surface area contributed by atoms with Gasteiger partial charge in [-0.05, 0) is 29.8 Å². The number of hydrogen-bond donors (Lipinski definition) is 0. The van der Waals surface area contributed by atoms with Crippen LogP contribution < -0.4 is 0 Å². The summed E-state index contributed by atoms with van der Waals surface area (Å²) in [6.07, 6.45) is 2.47. The molecule has 0 radical (unpaired) electrons. The number of alkyl halides is 1. The molecule has 0 aliphatic carbocycles. The van der Waals surface area contributed by atoms with E-state index in [9.17, 15) is 0 Å². The monoisotopic (exact) mass is 329 g/mol. The van der Waals surface area contributed by atoms with Crippen LogP contribution in [0.2, 0.25) is 5.02 Å². The predicted octanol–water partition coefficient (Wildman–Crippen LogP) is 5.02. The third-order valence-electron chi connectivity index (χ3n) is 2.41. The highest BCUT2D eigenvalue weighted by Crippen LogP contribution is 2.32. The Balaban J connectivity index is 2.17. The molecule has 1 nitrogen and oxygen atoms in total. The summed E-state index contributed by atoms with van der Waals surface area (Å²) >= 11 is 15.8. The van der Waals surface area contributed by atoms with Gasteiger partial charge >= 0.3 is 0 Å². The topological polar surface area (TPSA) is 12.9 Å². The Morgan fingerprint density at radius 3 is 2.71 bits per heavy atom. The molecule has 88 valence electrons. The molecular weight excluding hydrogens is 321 g/mol. The lowest BCUT2D eigenvalue weighted by Crippen LogP contribution is -1.98. The number of nitrogens with zero attached hydrogens (tertiary/aromatic N) is 1. The first kappa shape index (κ1) is 12.9. The van der Waals surface area contributed by atoms with Gasteiger partial charge in [0.2, 0.25) is 0 Å². The summed E-state index contributed by atoms with van der Waals surface area (Å²) in [6.45, 7) is 0. The Bertz CT molecular complexity index is 502. The van der Waals surface area contributed by atoms with Crippen LogP contribution >= 0.6 is 39.1 Å². The molecule has 1 aromatic heterocycles. The van der Waals surface area contributed by atoms with Crippen molar-refractivity contribution in [1.82, 2.24) is 4.98 Å². The van der Waals surface area contributed by atoms with Crippen LogP contribution in [0, 0.1) is 0 Å². The van der Waals surface area contributed by atoms with E-state index in [4.69, 9.17) is 23.2 Å². The second-order valence-corrected chi connectivity index (χ2v) is 5.48. The molecule has 2 rings (SSSR count). The molecule has 1 aromatic carbocycles. The van der Waals surface area contributed by atoms with Gasteiger partial charge in [-0.1, -0.05) is 39.7 Å². The maximum Gasteiger partial charge on any atom is 0.0651 e. The summed E-state index contributed by atoms with van der Waals surface area (Å²) in [5.41, 5.74) is 2.01. The lowest BCUT2D eigenvalue weighted by Gasteiger charge is -2.11. The molecule has 1 unspecified atom stereocenters. The van der Waals surface area contributed by atoms with Gasteiger partial charge in [-0.25, -0.2) is 0 Å². The molecule has 0 aliphatic rings. The molecule has 0 amide bonds. The van der Waals surface area contributed by atoms with Crippen molar-refractivity contribution in [2.24, 2.45) is 0 Å². The SMILES string of the molecule is Clc1ccc(C(Cl)Cc2ccccn2)c(Br)c1. The standard InChI is InChI=1S/C13H10BrCl2N/c14-12-7-9(15)4-5-11(12)13(16)8-10-3-1-2-6-17-10/h1-7,13H,8H2. The molecule has 0 saturated carbocycles. The molecule has 0 spiro atoms. The van der Waals surface area contributed by atoms with Crippen molar-refractivity contribution >= 4 is 39.1 Å². The molecule has 0 bridgehead atoms. The minimum atomic E-state index is -0.114. The molecule has 2 aromatic rings. The van der Waals surface area contributed by atoms with Crippen LogP contribution in [-0.2, 0) is 6.42 Å². The normalized spacial score (nSPS) is 12.4. The predicted molar refractivity (Wildman–Crippen MR) is 75.7 cm³/mol. The van der Waals surface area contributed by atoms with Gasteiger partial charge in [0.15, 0.2) is 0 Å². The van der Waals surface area contributed by atoms with Crippen LogP contribution in [0.25, 0.3) is 0 Å². The first-order valence-corrected chi connectivity index (χ1v) is 6.76. The average molecular weight is 331 g/mol. The molecule has 0 fully saturated rings. The van der Waals surface area contributed by atoms with E-state index in [2.05, 4.69) is 20.9 Å². The highest BCUT2D eigenvalue weighted by molar-refractivity contribution is 9.10. The van der Waals surface area contributed by atoms with Crippen LogP contribution in [-0.4, -0.2) is 4.98 Å². The van der Waals surface area contributed by atoms with Crippen molar-refractivity contribution in [3.05, 3.63) is 63.3 Å². The Morgan fingerprint density at radius 2 is 2.06 bits per heavy atom. The number of halogens is 3. The van der Waals surface area contributed by atoms with Gasteiger partial charge in [0.05, 0.1) is 5.38 Å². The van der Waals surface area contributed by atoms with E-state index in [-0.39, 0.29) is 5.38 Å². The first-order valence-electron chi connectivity index (χ1n) is 5.16. The van der Waals surface area contributed by atoms with Crippen molar-refractivity contribution in [1.29, 1.82) is 0 Å². The van der Waals surface area contributed by atoms with Gasteiger partial charge in [-0.3, -0.25) is 4.98 Å². The highest BCUT2D eigenvalue weighted by Gasteiger charge is 2.13. The summed E-state index contributed by atoms with van der Waals surface area (Å²) in [6, 6.07) is 11.5. The zero-order valence-electron chi connectivity index (χ0n) is 8.91. The van der Waals surface area contributed by atoms with E-state index in [0.29, 0.717) is 11.4 Å². The van der Waals surface area contributed by atoms with Gasteiger partial charge in [0.25, 0.3) is 0 Å². The van der Waals surface area contributed by atoms with Crippen LogP contribution in [0.4, 0.5) is 0 Å². The van der Waals surface area contributed by atoms with Crippen molar-refractivity contribution in [3.63, 3.8) is 0 Å². The molecular formula is C13H10BrCl2N. The summed E-state index contributed by atoms with van der Waals surface area (Å²) in [5.74, 6) is 0. The van der Waals surface area contributed by atoms with Gasteiger partial charge < -0.3 is 0 Å². The van der Waals surface area contributed by atoms with E-state index >= 15 is 0 Å². The number of rotatable bonds is 3. The number of benzene rings is 1. The summed E-state index contributed by atoms with van der Waals surface area (Å²) in [4.78, 5) is 4.27. The zero-order valence-corrected chi connectivity index (χ0v) is 12.0. The lowest BCUT2D eigenvalue weighted by molar-refractivity contribution is 0.877. The summed E-state index contributed by atoms with van der Waals surface area (Å²) in [5, 5.41) is 0.582. The second-order valence-electron chi connectivity index (χ2n) is 3.66. The van der Waals surface area contributed by atoms with E-state index < -0.39 is 0 Å². The fourth-order valence-electron chi connectivity index (χ4n) is 1.57. The molecule has 0 saturated heterocycles. The van der Waals surface area contributed by atoms with Crippen molar-refractivity contribution in [2.45, 2.75) is 11.8 Å². The lowest BCUT2D eigenvalue weighted by atomic mass is 10.1. The quantitative estimate of drug-likeness (QED) is 0.720. The van der Waals surface area contributed by atoms with Crippen LogP contribution in [0.3, 0.4) is 0 Å². The number of pyridine rings is 1. The van der Waals surface area contributed by atoms with E-state index in [0.717, 1.165) is 15.7 Å². The van der Waals surface area contributed by atoms with Crippen LogP contribution in [0.5, 0.6) is 0 Å².